The van der Waals surface area contributed by atoms with E-state index in [1.165, 1.54) is 31.0 Å². The third-order valence-electron chi connectivity index (χ3n) is 7.11. The SMILES string of the molecule is Cc1nc(C(C)(F)F)nc(C)c1S(=O)(=O)N1CC2(CN(CC3CC4(COC4)C3)C2)C1. The van der Waals surface area contributed by atoms with Crippen molar-refractivity contribution in [3.63, 3.8) is 0 Å². The van der Waals surface area contributed by atoms with E-state index in [1.807, 2.05) is 0 Å². The zero-order chi connectivity index (χ0) is 21.5. The Morgan fingerprint density at radius 2 is 1.63 bits per heavy atom. The van der Waals surface area contributed by atoms with Crippen LogP contribution in [0, 0.1) is 30.6 Å². The van der Waals surface area contributed by atoms with Crippen molar-refractivity contribution < 1.29 is 21.9 Å². The summed E-state index contributed by atoms with van der Waals surface area (Å²) in [6.07, 6.45) is 2.50. The van der Waals surface area contributed by atoms with Crippen molar-refractivity contribution in [2.45, 2.75) is 44.4 Å². The van der Waals surface area contributed by atoms with Gasteiger partial charge in [0.15, 0.2) is 5.82 Å². The Kier molecular flexibility index (Phi) is 4.41. The molecule has 10 heteroatoms. The molecule has 1 saturated carbocycles. The maximum absolute atomic E-state index is 13.6. The molecule has 2 spiro atoms. The molecule has 3 saturated heterocycles. The van der Waals surface area contributed by atoms with Crippen molar-refractivity contribution in [1.82, 2.24) is 19.2 Å². The molecule has 7 nitrogen and oxygen atoms in total. The summed E-state index contributed by atoms with van der Waals surface area (Å²) in [7, 11) is -3.79. The van der Waals surface area contributed by atoms with Crippen LogP contribution in [0.3, 0.4) is 0 Å². The third kappa shape index (κ3) is 3.18. The maximum atomic E-state index is 13.6. The van der Waals surface area contributed by atoms with Crippen molar-refractivity contribution in [1.29, 1.82) is 0 Å². The molecule has 0 amide bonds. The van der Waals surface area contributed by atoms with Gasteiger partial charge in [0.1, 0.15) is 4.90 Å². The highest BCUT2D eigenvalue weighted by Crippen LogP contribution is 2.52. The highest BCUT2D eigenvalue weighted by atomic mass is 32.2. The van der Waals surface area contributed by atoms with E-state index in [2.05, 4.69) is 14.9 Å². The van der Waals surface area contributed by atoms with E-state index >= 15 is 0 Å². The van der Waals surface area contributed by atoms with Gasteiger partial charge in [0.2, 0.25) is 10.0 Å². The summed E-state index contributed by atoms with van der Waals surface area (Å²) >= 11 is 0. The Labute approximate surface area is 175 Å². The standard InChI is InChI=1S/C20H28F2N4O3S/c1-13-16(14(2)24-17(23-13)18(3,21)22)30(27,28)26-9-20(10-26)7-25(8-20)6-15-4-19(5-15)11-29-12-19/h15H,4-12H2,1-3H3. The first-order valence-electron chi connectivity index (χ1n) is 10.5. The number of hydrogen-bond donors (Lipinski definition) is 0. The van der Waals surface area contributed by atoms with Crippen LogP contribution in [0.4, 0.5) is 8.78 Å². The molecule has 4 heterocycles. The van der Waals surface area contributed by atoms with Crippen molar-refractivity contribution >= 4 is 10.0 Å². The molecule has 1 aromatic rings. The molecule has 166 valence electrons. The zero-order valence-electron chi connectivity index (χ0n) is 17.6. The Morgan fingerprint density at radius 3 is 2.10 bits per heavy atom. The van der Waals surface area contributed by atoms with Gasteiger partial charge in [-0.3, -0.25) is 0 Å². The van der Waals surface area contributed by atoms with Gasteiger partial charge >= 0.3 is 5.92 Å². The van der Waals surface area contributed by atoms with Crippen LogP contribution < -0.4 is 0 Å². The molecule has 0 N–H and O–H groups in total. The lowest BCUT2D eigenvalue weighted by Crippen LogP contribution is -2.73. The second-order valence-corrected chi connectivity index (χ2v) is 12.0. The van der Waals surface area contributed by atoms with Crippen LogP contribution in [0.1, 0.15) is 37.0 Å². The average Bonchev–Trinajstić information content (AvgIpc) is 2.45. The lowest BCUT2D eigenvalue weighted by atomic mass is 9.60. The fraction of sp³-hybridized carbons (Fsp3) is 0.800. The maximum Gasteiger partial charge on any atom is 0.303 e. The second-order valence-electron chi connectivity index (χ2n) is 10.1. The number of alkyl halides is 2. The van der Waals surface area contributed by atoms with Crippen molar-refractivity contribution in [2.24, 2.45) is 16.7 Å². The molecular weight excluding hydrogens is 414 g/mol. The first-order valence-corrected chi connectivity index (χ1v) is 11.9. The third-order valence-corrected chi connectivity index (χ3v) is 9.16. The Morgan fingerprint density at radius 1 is 1.07 bits per heavy atom. The van der Waals surface area contributed by atoms with E-state index in [9.17, 15) is 17.2 Å². The number of nitrogens with zero attached hydrogens (tertiary/aromatic N) is 4. The van der Waals surface area contributed by atoms with Gasteiger partial charge in [-0.05, 0) is 32.6 Å². The van der Waals surface area contributed by atoms with E-state index in [-0.39, 0.29) is 21.7 Å². The minimum absolute atomic E-state index is 0.0349. The number of rotatable bonds is 5. The van der Waals surface area contributed by atoms with Crippen LogP contribution in [-0.4, -0.2) is 73.5 Å². The van der Waals surface area contributed by atoms with Crippen LogP contribution in [0.2, 0.25) is 0 Å². The van der Waals surface area contributed by atoms with Crippen LogP contribution >= 0.6 is 0 Å². The lowest BCUT2D eigenvalue weighted by molar-refractivity contribution is -0.188. The fourth-order valence-electron chi connectivity index (χ4n) is 5.79. The molecule has 0 atom stereocenters. The number of likely N-dealkylation sites (tertiary alicyclic amines) is 1. The Balaban J connectivity index is 1.19. The number of sulfonamides is 1. The second kappa shape index (κ2) is 6.40. The van der Waals surface area contributed by atoms with Crippen molar-refractivity contribution in [3.8, 4) is 0 Å². The fourth-order valence-corrected chi connectivity index (χ4v) is 7.78. The van der Waals surface area contributed by atoms with Gasteiger partial charge in [-0.15, -0.1) is 0 Å². The minimum atomic E-state index is -3.79. The monoisotopic (exact) mass is 442 g/mol. The molecule has 0 unspecified atom stereocenters. The molecule has 4 aliphatic rings. The highest BCUT2D eigenvalue weighted by molar-refractivity contribution is 7.89. The summed E-state index contributed by atoms with van der Waals surface area (Å²) in [4.78, 5) is 9.96. The smallest absolute Gasteiger partial charge is 0.303 e. The quantitative estimate of drug-likeness (QED) is 0.694. The predicted octanol–water partition coefficient (Wildman–Crippen LogP) is 1.94. The van der Waals surface area contributed by atoms with E-state index in [1.54, 1.807) is 0 Å². The number of ether oxygens (including phenoxy) is 1. The number of halogens is 2. The first-order chi connectivity index (χ1) is 13.9. The summed E-state index contributed by atoms with van der Waals surface area (Å²) in [6, 6.07) is 0. The van der Waals surface area contributed by atoms with Crippen molar-refractivity contribution in [2.75, 3.05) is 45.9 Å². The average molecular weight is 443 g/mol. The van der Waals surface area contributed by atoms with Crippen LogP contribution in [0.15, 0.2) is 4.90 Å². The minimum Gasteiger partial charge on any atom is -0.380 e. The summed E-state index contributed by atoms with van der Waals surface area (Å²) in [5.41, 5.74) is 0.666. The largest absolute Gasteiger partial charge is 0.380 e. The van der Waals surface area contributed by atoms with Gasteiger partial charge in [-0.1, -0.05) is 0 Å². The lowest BCUT2D eigenvalue weighted by Gasteiger charge is -2.62. The molecule has 30 heavy (non-hydrogen) atoms. The molecular formula is C20H28F2N4O3S. The van der Waals surface area contributed by atoms with E-state index < -0.39 is 21.8 Å². The van der Waals surface area contributed by atoms with Gasteiger partial charge in [0, 0.05) is 50.5 Å². The van der Waals surface area contributed by atoms with Gasteiger partial charge in [-0.2, -0.15) is 13.1 Å². The summed E-state index contributed by atoms with van der Waals surface area (Å²) in [5, 5.41) is 0. The highest BCUT2D eigenvalue weighted by Gasteiger charge is 2.57. The van der Waals surface area contributed by atoms with Gasteiger partial charge in [0.05, 0.1) is 24.6 Å². The molecule has 5 rings (SSSR count). The molecule has 1 aromatic heterocycles. The van der Waals surface area contributed by atoms with Gasteiger partial charge in [-0.25, -0.2) is 18.4 Å². The summed E-state index contributed by atoms with van der Waals surface area (Å²) in [6.45, 7) is 9.33. The number of aryl methyl sites for hydroxylation is 2. The summed E-state index contributed by atoms with van der Waals surface area (Å²) < 4.78 is 60.1. The number of hydrogen-bond acceptors (Lipinski definition) is 6. The molecule has 1 aliphatic carbocycles. The van der Waals surface area contributed by atoms with Crippen LogP contribution in [-0.2, 0) is 20.7 Å². The normalized spacial score (nSPS) is 26.2. The van der Waals surface area contributed by atoms with Gasteiger partial charge in [0.25, 0.3) is 0 Å². The molecule has 4 fully saturated rings. The Bertz CT molecular complexity index is 945. The topological polar surface area (TPSA) is 75.6 Å². The first kappa shape index (κ1) is 20.7. The van der Waals surface area contributed by atoms with E-state index in [4.69, 9.17) is 4.74 Å². The Hall–Kier alpha value is -1.23. The van der Waals surface area contributed by atoms with Crippen molar-refractivity contribution in [3.05, 3.63) is 17.2 Å². The summed E-state index contributed by atoms with van der Waals surface area (Å²) in [5.74, 6) is -3.11. The number of aromatic nitrogens is 2. The molecule has 0 bridgehead atoms. The van der Waals surface area contributed by atoms with Gasteiger partial charge < -0.3 is 9.64 Å². The molecule has 0 aromatic carbocycles. The molecule has 0 radical (unpaired) electrons. The van der Waals surface area contributed by atoms with E-state index in [0.717, 1.165) is 38.8 Å². The van der Waals surface area contributed by atoms with Crippen LogP contribution in [0.5, 0.6) is 0 Å². The molecule has 3 aliphatic heterocycles. The zero-order valence-corrected chi connectivity index (χ0v) is 18.4. The predicted molar refractivity (Wildman–Crippen MR) is 105 cm³/mol. The van der Waals surface area contributed by atoms with E-state index in [0.29, 0.717) is 25.4 Å². The van der Waals surface area contributed by atoms with Crippen LogP contribution in [0.25, 0.3) is 0 Å².